The first-order valence-corrected chi connectivity index (χ1v) is 17.5. The molecule has 0 atom stereocenters. The van der Waals surface area contributed by atoms with Crippen LogP contribution in [0.5, 0.6) is 0 Å². The summed E-state index contributed by atoms with van der Waals surface area (Å²) in [6.07, 6.45) is 0. The minimum absolute atomic E-state index is 0.974. The molecule has 8 aromatic carbocycles. The van der Waals surface area contributed by atoms with E-state index in [0.717, 1.165) is 22.5 Å². The molecule has 0 saturated carbocycles. The van der Waals surface area contributed by atoms with Crippen molar-refractivity contribution in [3.8, 4) is 39.1 Å². The van der Waals surface area contributed by atoms with E-state index < -0.39 is 0 Å². The fraction of sp³-hybridized carbons (Fsp3) is 0.0217. The highest BCUT2D eigenvalue weighted by atomic mass is 32.1. The summed E-state index contributed by atoms with van der Waals surface area (Å²) in [7, 11) is 0. The van der Waals surface area contributed by atoms with Crippen molar-refractivity contribution in [1.29, 1.82) is 0 Å². The number of thiophene rings is 1. The smallest absolute Gasteiger partial charge is 0.111 e. The van der Waals surface area contributed by atoms with Gasteiger partial charge in [-0.25, -0.2) is 4.98 Å². The molecule has 3 heteroatoms. The summed E-state index contributed by atoms with van der Waals surface area (Å²) < 4.78 is 4.95. The molecule has 10 aromatic rings. The van der Waals surface area contributed by atoms with Crippen LogP contribution in [0, 0.1) is 6.92 Å². The Labute approximate surface area is 288 Å². The van der Waals surface area contributed by atoms with Gasteiger partial charge in [0.15, 0.2) is 0 Å². The Balaban J connectivity index is 1.34. The highest BCUT2D eigenvalue weighted by Crippen LogP contribution is 2.47. The van der Waals surface area contributed by atoms with Crippen LogP contribution in [-0.2, 0) is 0 Å². The molecule has 0 radical (unpaired) electrons. The molecule has 0 aliphatic heterocycles. The van der Waals surface area contributed by atoms with Crippen LogP contribution in [0.25, 0.3) is 91.8 Å². The molecule has 0 N–H and O–H groups in total. The zero-order valence-electron chi connectivity index (χ0n) is 26.9. The van der Waals surface area contributed by atoms with Gasteiger partial charge in [-0.3, -0.25) is 4.57 Å². The third kappa shape index (κ3) is 4.36. The number of aryl methyl sites for hydroxylation is 1. The Morgan fingerprint density at radius 3 is 1.96 bits per heavy atom. The quantitative estimate of drug-likeness (QED) is 0.175. The predicted octanol–water partition coefficient (Wildman–Crippen LogP) is 13.0. The fourth-order valence-corrected chi connectivity index (χ4v) is 8.89. The highest BCUT2D eigenvalue weighted by Gasteiger charge is 2.21. The standard InChI is InChI=1S/C46H30N2S/c1-29-47-40-19-9-11-21-42(40)48(29)41-20-10-7-18-37(41)46-35-17-6-5-16-34(35)45(39-27-31(23-25-36(39)46)30-13-3-2-4-14-30)32-24-26-44-38(28-32)33-15-8-12-22-43(33)49-44/h2-28H,1H3. The molecule has 0 unspecified atom stereocenters. The lowest BCUT2D eigenvalue weighted by Gasteiger charge is -2.21. The van der Waals surface area contributed by atoms with Crippen molar-refractivity contribution in [2.24, 2.45) is 0 Å². The fourth-order valence-electron chi connectivity index (χ4n) is 7.80. The van der Waals surface area contributed by atoms with Crippen molar-refractivity contribution in [1.82, 2.24) is 9.55 Å². The second-order valence-corrected chi connectivity index (χ2v) is 13.8. The number of fused-ring (bicyclic) bond motifs is 6. The Hall–Kier alpha value is -6.03. The number of hydrogen-bond acceptors (Lipinski definition) is 2. The molecule has 2 aromatic heterocycles. The zero-order valence-corrected chi connectivity index (χ0v) is 27.7. The third-order valence-corrected chi connectivity index (χ3v) is 11.1. The largest absolute Gasteiger partial charge is 0.296 e. The van der Waals surface area contributed by atoms with Crippen LogP contribution in [-0.4, -0.2) is 9.55 Å². The summed E-state index contributed by atoms with van der Waals surface area (Å²) in [5.41, 5.74) is 10.6. The van der Waals surface area contributed by atoms with Gasteiger partial charge in [0.2, 0.25) is 0 Å². The molecule has 0 fully saturated rings. The van der Waals surface area contributed by atoms with E-state index in [1.54, 1.807) is 0 Å². The van der Waals surface area contributed by atoms with Gasteiger partial charge in [0.05, 0.1) is 16.7 Å². The normalized spacial score (nSPS) is 11.8. The number of imidazole rings is 1. The summed E-state index contributed by atoms with van der Waals surface area (Å²) in [5, 5.41) is 7.59. The maximum Gasteiger partial charge on any atom is 0.111 e. The van der Waals surface area contributed by atoms with E-state index in [4.69, 9.17) is 4.98 Å². The van der Waals surface area contributed by atoms with Gasteiger partial charge in [-0.05, 0) is 98.8 Å². The van der Waals surface area contributed by atoms with Crippen LogP contribution in [0.3, 0.4) is 0 Å². The molecule has 0 aliphatic carbocycles. The van der Waals surface area contributed by atoms with E-state index in [2.05, 4.69) is 175 Å². The molecule has 0 amide bonds. The van der Waals surface area contributed by atoms with Crippen LogP contribution in [0.2, 0.25) is 0 Å². The molecule has 0 spiro atoms. The van der Waals surface area contributed by atoms with E-state index >= 15 is 0 Å². The molecule has 10 rings (SSSR count). The van der Waals surface area contributed by atoms with E-state index in [-0.39, 0.29) is 0 Å². The van der Waals surface area contributed by atoms with Gasteiger partial charge in [0.25, 0.3) is 0 Å². The Bertz CT molecular complexity index is 2890. The van der Waals surface area contributed by atoms with E-state index in [0.29, 0.717) is 0 Å². The number of para-hydroxylation sites is 3. The van der Waals surface area contributed by atoms with Gasteiger partial charge < -0.3 is 0 Å². The highest BCUT2D eigenvalue weighted by molar-refractivity contribution is 7.25. The topological polar surface area (TPSA) is 17.8 Å². The maximum atomic E-state index is 4.95. The van der Waals surface area contributed by atoms with Crippen molar-refractivity contribution in [2.45, 2.75) is 6.92 Å². The van der Waals surface area contributed by atoms with E-state index in [1.807, 2.05) is 11.3 Å². The summed E-state index contributed by atoms with van der Waals surface area (Å²) in [6, 6.07) is 59.8. The zero-order chi connectivity index (χ0) is 32.5. The Morgan fingerprint density at radius 1 is 0.449 bits per heavy atom. The molecule has 230 valence electrons. The summed E-state index contributed by atoms with van der Waals surface area (Å²) in [6.45, 7) is 2.10. The first kappa shape index (κ1) is 28.0. The lowest BCUT2D eigenvalue weighted by Crippen LogP contribution is -2.00. The lowest BCUT2D eigenvalue weighted by molar-refractivity contribution is 1.00. The van der Waals surface area contributed by atoms with Crippen LogP contribution in [0.15, 0.2) is 164 Å². The summed E-state index contributed by atoms with van der Waals surface area (Å²) in [4.78, 5) is 4.95. The molecular weight excluding hydrogens is 613 g/mol. The van der Waals surface area contributed by atoms with Crippen molar-refractivity contribution >= 4 is 64.1 Å². The molecule has 2 nitrogen and oxygen atoms in total. The van der Waals surface area contributed by atoms with Crippen molar-refractivity contribution in [3.63, 3.8) is 0 Å². The van der Waals surface area contributed by atoms with Crippen LogP contribution < -0.4 is 0 Å². The van der Waals surface area contributed by atoms with Crippen molar-refractivity contribution < 1.29 is 0 Å². The second-order valence-electron chi connectivity index (χ2n) is 12.7. The summed E-state index contributed by atoms with van der Waals surface area (Å²) >= 11 is 1.87. The number of aromatic nitrogens is 2. The molecule has 49 heavy (non-hydrogen) atoms. The van der Waals surface area contributed by atoms with Gasteiger partial charge in [0.1, 0.15) is 5.82 Å². The van der Waals surface area contributed by atoms with Gasteiger partial charge >= 0.3 is 0 Å². The van der Waals surface area contributed by atoms with E-state index in [1.165, 1.54) is 75.1 Å². The van der Waals surface area contributed by atoms with Crippen LogP contribution in [0.4, 0.5) is 0 Å². The van der Waals surface area contributed by atoms with Gasteiger partial charge in [-0.2, -0.15) is 0 Å². The van der Waals surface area contributed by atoms with Gasteiger partial charge in [-0.15, -0.1) is 11.3 Å². The third-order valence-electron chi connectivity index (χ3n) is 9.94. The maximum absolute atomic E-state index is 4.95. The lowest BCUT2D eigenvalue weighted by atomic mass is 9.84. The van der Waals surface area contributed by atoms with Crippen molar-refractivity contribution in [2.75, 3.05) is 0 Å². The number of hydrogen-bond donors (Lipinski definition) is 0. The number of nitrogens with zero attached hydrogens (tertiary/aromatic N) is 2. The van der Waals surface area contributed by atoms with E-state index in [9.17, 15) is 0 Å². The average Bonchev–Trinajstić information content (AvgIpc) is 3.70. The minimum Gasteiger partial charge on any atom is -0.296 e. The first-order chi connectivity index (χ1) is 24.2. The molecule has 0 bridgehead atoms. The van der Waals surface area contributed by atoms with Gasteiger partial charge in [-0.1, -0.05) is 121 Å². The van der Waals surface area contributed by atoms with Crippen LogP contribution >= 0.6 is 11.3 Å². The average molecular weight is 643 g/mol. The predicted molar refractivity (Wildman–Crippen MR) is 210 cm³/mol. The van der Waals surface area contributed by atoms with Crippen LogP contribution in [0.1, 0.15) is 5.82 Å². The van der Waals surface area contributed by atoms with Crippen molar-refractivity contribution in [3.05, 3.63) is 170 Å². The molecule has 0 saturated heterocycles. The molecule has 0 aliphatic rings. The molecular formula is C46H30N2S. The Morgan fingerprint density at radius 2 is 1.08 bits per heavy atom. The monoisotopic (exact) mass is 642 g/mol. The number of benzene rings is 8. The second kappa shape index (κ2) is 11.0. The number of rotatable bonds is 4. The SMILES string of the molecule is Cc1nc2ccccc2n1-c1ccccc1-c1c2ccccc2c(-c2ccc3sc4ccccc4c3c2)c2cc(-c3ccccc3)ccc12. The van der Waals surface area contributed by atoms with Gasteiger partial charge in [0, 0.05) is 25.7 Å². The molecule has 2 heterocycles. The Kier molecular flexibility index (Phi) is 6.30. The minimum atomic E-state index is 0.974. The summed E-state index contributed by atoms with van der Waals surface area (Å²) in [5.74, 6) is 0.974. The first-order valence-electron chi connectivity index (χ1n) is 16.7.